The number of amides is 2. The Labute approximate surface area is 165 Å². The Morgan fingerprint density at radius 3 is 2.34 bits per heavy atom. The number of carbonyl (C=O) groups excluding carboxylic acids is 2. The van der Waals surface area contributed by atoms with E-state index in [2.05, 4.69) is 11.2 Å². The van der Waals surface area contributed by atoms with Crippen molar-refractivity contribution in [2.75, 3.05) is 0 Å². The molecule has 29 heavy (non-hydrogen) atoms. The summed E-state index contributed by atoms with van der Waals surface area (Å²) in [4.78, 5) is 25.2. The number of carbonyl (C=O) groups is 2. The van der Waals surface area contributed by atoms with Crippen LogP contribution in [0.4, 0.5) is 13.2 Å². The minimum absolute atomic E-state index is 0.0689. The summed E-state index contributed by atoms with van der Waals surface area (Å²) >= 11 is 0. The highest BCUT2D eigenvalue weighted by Gasteiger charge is 2.51. The fraction of sp³-hybridized carbons (Fsp3) is 0.368. The molecule has 6 nitrogen and oxygen atoms in total. The monoisotopic (exact) mass is 429 g/mol. The van der Waals surface area contributed by atoms with Crippen LogP contribution < -0.4 is 0 Å². The normalized spacial score (nSPS) is 14.7. The molecule has 1 heterocycles. The van der Waals surface area contributed by atoms with Gasteiger partial charge in [-0.3, -0.25) is 9.59 Å². The smallest absolute Gasteiger partial charge is 0.266 e. The molecule has 2 amide bonds. The number of hydrogen-bond acceptors (Lipinski definition) is 5. The average Bonchev–Trinajstić information content (AvgIpc) is 2.65. The lowest BCUT2D eigenvalue weighted by Gasteiger charge is -2.26. The van der Waals surface area contributed by atoms with Crippen molar-refractivity contribution in [1.82, 2.24) is 5.06 Å². The van der Waals surface area contributed by atoms with Gasteiger partial charge < -0.3 is 0 Å². The molecule has 2 aromatic rings. The second kappa shape index (κ2) is 7.75. The lowest BCUT2D eigenvalue weighted by atomic mass is 9.91. The zero-order chi connectivity index (χ0) is 21.4. The Morgan fingerprint density at radius 1 is 1.00 bits per heavy atom. The second-order valence-corrected chi connectivity index (χ2v) is 8.26. The molecule has 0 radical (unpaired) electrons. The SMILES string of the molecule is CCCCCCc1cc2c3c(cccc3c1)C(=O)N(OS(=O)(=O)C(F)(F)F)C2=O. The summed E-state index contributed by atoms with van der Waals surface area (Å²) in [6, 6.07) is 7.78. The maximum Gasteiger partial charge on any atom is 0.525 e. The van der Waals surface area contributed by atoms with Crippen LogP contribution in [-0.4, -0.2) is 30.8 Å². The summed E-state index contributed by atoms with van der Waals surface area (Å²) in [7, 11) is -6.18. The number of unbranched alkanes of at least 4 members (excludes halogenated alkanes) is 3. The van der Waals surface area contributed by atoms with Gasteiger partial charge in [0, 0.05) is 5.39 Å². The number of nitrogens with zero attached hydrogens (tertiary/aromatic N) is 1. The topological polar surface area (TPSA) is 80.8 Å². The van der Waals surface area contributed by atoms with E-state index >= 15 is 0 Å². The molecular formula is C19H18F3NO5S. The third-order valence-electron chi connectivity index (χ3n) is 4.64. The van der Waals surface area contributed by atoms with E-state index in [0.717, 1.165) is 31.2 Å². The maximum atomic E-state index is 12.7. The Balaban J connectivity index is 2.03. The van der Waals surface area contributed by atoms with Crippen LogP contribution in [0.15, 0.2) is 30.3 Å². The molecule has 1 aliphatic rings. The van der Waals surface area contributed by atoms with Crippen LogP contribution in [0.2, 0.25) is 0 Å². The quantitative estimate of drug-likeness (QED) is 0.372. The highest BCUT2D eigenvalue weighted by atomic mass is 32.2. The van der Waals surface area contributed by atoms with Crippen LogP contribution in [0.5, 0.6) is 0 Å². The number of imide groups is 1. The second-order valence-electron chi connectivity index (χ2n) is 6.74. The largest absolute Gasteiger partial charge is 0.525 e. The van der Waals surface area contributed by atoms with E-state index in [1.807, 2.05) is 6.07 Å². The molecule has 0 N–H and O–H groups in total. The Bertz CT molecular complexity index is 1080. The van der Waals surface area contributed by atoms with Gasteiger partial charge in [0.2, 0.25) is 0 Å². The highest BCUT2D eigenvalue weighted by molar-refractivity contribution is 7.87. The van der Waals surface area contributed by atoms with Crippen molar-refractivity contribution in [3.63, 3.8) is 0 Å². The minimum atomic E-state index is -6.18. The standard InChI is InChI=1S/C19H18F3NO5S/c1-2-3-4-5-7-12-10-13-8-6-9-14-16(13)15(11-12)18(25)23(17(14)24)28-29(26,27)19(20,21)22/h6,8-11H,2-5,7H2,1H3. The summed E-state index contributed by atoms with van der Waals surface area (Å²) in [5.41, 5.74) is -5.18. The van der Waals surface area contributed by atoms with E-state index in [9.17, 15) is 31.2 Å². The van der Waals surface area contributed by atoms with Crippen LogP contribution in [-0.2, 0) is 20.8 Å². The van der Waals surface area contributed by atoms with Gasteiger partial charge in [0.15, 0.2) is 0 Å². The molecule has 0 unspecified atom stereocenters. The number of aryl methyl sites for hydroxylation is 1. The van der Waals surface area contributed by atoms with Gasteiger partial charge in [-0.05, 0) is 35.9 Å². The van der Waals surface area contributed by atoms with Crippen molar-refractivity contribution in [1.29, 1.82) is 0 Å². The first-order valence-corrected chi connectivity index (χ1v) is 10.4. The van der Waals surface area contributed by atoms with Crippen LogP contribution in [0.3, 0.4) is 0 Å². The number of rotatable bonds is 7. The van der Waals surface area contributed by atoms with Gasteiger partial charge in [0.1, 0.15) is 0 Å². The lowest BCUT2D eigenvalue weighted by molar-refractivity contribution is -0.0761. The first-order chi connectivity index (χ1) is 13.6. The number of alkyl halides is 3. The van der Waals surface area contributed by atoms with E-state index in [1.165, 1.54) is 18.2 Å². The van der Waals surface area contributed by atoms with E-state index in [1.54, 1.807) is 6.07 Å². The van der Waals surface area contributed by atoms with Crippen molar-refractivity contribution in [2.45, 2.75) is 44.5 Å². The predicted octanol–water partition coefficient (Wildman–Crippen LogP) is 4.34. The molecule has 0 fully saturated rings. The van der Waals surface area contributed by atoms with Crippen LogP contribution in [0, 0.1) is 0 Å². The molecule has 156 valence electrons. The molecule has 0 saturated carbocycles. The van der Waals surface area contributed by atoms with Gasteiger partial charge in [-0.2, -0.15) is 21.6 Å². The van der Waals surface area contributed by atoms with Crippen molar-refractivity contribution in [3.8, 4) is 0 Å². The first kappa shape index (κ1) is 21.3. The molecule has 0 bridgehead atoms. The molecule has 1 aliphatic heterocycles. The van der Waals surface area contributed by atoms with Gasteiger partial charge in [-0.1, -0.05) is 44.4 Å². The van der Waals surface area contributed by atoms with Crippen LogP contribution in [0.25, 0.3) is 10.8 Å². The summed E-state index contributed by atoms with van der Waals surface area (Å²) in [6.45, 7) is 2.07. The number of hydrogen-bond donors (Lipinski definition) is 0. The number of benzene rings is 2. The van der Waals surface area contributed by atoms with Gasteiger partial charge in [0.25, 0.3) is 11.8 Å². The summed E-state index contributed by atoms with van der Waals surface area (Å²) < 4.78 is 64.6. The summed E-state index contributed by atoms with van der Waals surface area (Å²) in [5, 5.41) is 0.510. The Morgan fingerprint density at radius 2 is 1.69 bits per heavy atom. The lowest BCUT2D eigenvalue weighted by Crippen LogP contribution is -2.44. The summed E-state index contributed by atoms with van der Waals surface area (Å²) in [5.74, 6) is -2.52. The highest BCUT2D eigenvalue weighted by Crippen LogP contribution is 2.34. The molecule has 0 atom stereocenters. The summed E-state index contributed by atoms with van der Waals surface area (Å²) in [6.07, 6.45) is 4.57. The zero-order valence-corrected chi connectivity index (χ0v) is 16.3. The number of halogens is 3. The molecule has 0 spiro atoms. The molecule has 3 rings (SSSR count). The first-order valence-electron chi connectivity index (χ1n) is 9.02. The maximum absolute atomic E-state index is 12.7. The van der Waals surface area contributed by atoms with E-state index in [-0.39, 0.29) is 21.6 Å². The molecule has 10 heteroatoms. The van der Waals surface area contributed by atoms with Crippen LogP contribution >= 0.6 is 0 Å². The molecule has 0 aromatic heterocycles. The van der Waals surface area contributed by atoms with Crippen molar-refractivity contribution in [2.24, 2.45) is 0 Å². The third-order valence-corrected chi connectivity index (χ3v) is 5.55. The van der Waals surface area contributed by atoms with Gasteiger partial charge in [-0.15, -0.1) is 9.35 Å². The van der Waals surface area contributed by atoms with E-state index in [4.69, 9.17) is 0 Å². The van der Waals surface area contributed by atoms with E-state index < -0.39 is 27.4 Å². The molecule has 0 aliphatic carbocycles. The third kappa shape index (κ3) is 3.99. The van der Waals surface area contributed by atoms with Crippen molar-refractivity contribution in [3.05, 3.63) is 47.0 Å². The molecule has 2 aromatic carbocycles. The Kier molecular flexibility index (Phi) is 5.68. The number of hydroxylamine groups is 2. The van der Waals surface area contributed by atoms with Gasteiger partial charge >= 0.3 is 15.6 Å². The van der Waals surface area contributed by atoms with Crippen molar-refractivity contribution < 1.29 is 35.5 Å². The van der Waals surface area contributed by atoms with Gasteiger partial charge in [-0.25, -0.2) is 0 Å². The average molecular weight is 429 g/mol. The molecular weight excluding hydrogens is 411 g/mol. The Hall–Kier alpha value is -2.46. The van der Waals surface area contributed by atoms with Gasteiger partial charge in [0.05, 0.1) is 11.1 Å². The minimum Gasteiger partial charge on any atom is -0.266 e. The predicted molar refractivity (Wildman–Crippen MR) is 98.4 cm³/mol. The van der Waals surface area contributed by atoms with Crippen molar-refractivity contribution >= 4 is 32.7 Å². The zero-order valence-electron chi connectivity index (χ0n) is 15.5. The van der Waals surface area contributed by atoms with Crippen LogP contribution in [0.1, 0.15) is 58.9 Å². The van der Waals surface area contributed by atoms with E-state index in [0.29, 0.717) is 11.8 Å². The fourth-order valence-electron chi connectivity index (χ4n) is 3.26. The fourth-order valence-corrected chi connectivity index (χ4v) is 3.67. The molecule has 0 saturated heterocycles.